The average Bonchev–Trinajstić information content (AvgIpc) is 3.18. The van der Waals surface area contributed by atoms with Crippen LogP contribution in [0.15, 0.2) is 59.5 Å². The quantitative estimate of drug-likeness (QED) is 0.403. The molecule has 1 aromatic heterocycles. The molecule has 186 valence electrons. The van der Waals surface area contributed by atoms with E-state index in [0.29, 0.717) is 10.6 Å². The first-order chi connectivity index (χ1) is 17.5. The molecule has 8 heteroatoms. The van der Waals surface area contributed by atoms with E-state index < -0.39 is 5.97 Å². The SMILES string of the molecule is CCOC(=O)c1c(NC(=O)CN2C(=O)C[C@@H](c3ccccc3)Sc3ccccc32)sc2c1CCCC2. The Bertz CT molecular complexity index is 1290. The van der Waals surface area contributed by atoms with Crippen molar-refractivity contribution in [1.82, 2.24) is 0 Å². The minimum atomic E-state index is -0.398. The van der Waals surface area contributed by atoms with Gasteiger partial charge in [0.2, 0.25) is 11.8 Å². The van der Waals surface area contributed by atoms with Crippen molar-refractivity contribution in [1.29, 1.82) is 0 Å². The second kappa shape index (κ2) is 10.9. The maximum atomic E-state index is 13.4. The summed E-state index contributed by atoms with van der Waals surface area (Å²) in [5, 5.41) is 3.44. The number of hydrogen-bond donors (Lipinski definition) is 1. The second-order valence-corrected chi connectivity index (χ2v) is 11.2. The highest BCUT2D eigenvalue weighted by molar-refractivity contribution is 7.99. The normalized spacial score (nSPS) is 17.1. The number of amides is 2. The Labute approximate surface area is 219 Å². The molecule has 1 N–H and O–H groups in total. The number of nitrogens with one attached hydrogen (secondary N) is 1. The van der Waals surface area contributed by atoms with Crippen molar-refractivity contribution in [3.8, 4) is 0 Å². The van der Waals surface area contributed by atoms with Crippen molar-refractivity contribution in [3.05, 3.63) is 76.2 Å². The number of fused-ring (bicyclic) bond motifs is 2. The predicted molar refractivity (Wildman–Crippen MR) is 144 cm³/mol. The van der Waals surface area contributed by atoms with Crippen LogP contribution in [0.1, 0.15) is 57.8 Å². The number of anilines is 2. The number of thioether (sulfide) groups is 1. The van der Waals surface area contributed by atoms with E-state index in [1.807, 2.05) is 54.6 Å². The van der Waals surface area contributed by atoms with Gasteiger partial charge in [-0.05, 0) is 55.9 Å². The molecule has 36 heavy (non-hydrogen) atoms. The van der Waals surface area contributed by atoms with Gasteiger partial charge in [0, 0.05) is 21.4 Å². The Morgan fingerprint density at radius 2 is 1.81 bits per heavy atom. The number of nitrogens with zero attached hydrogens (tertiary/aromatic N) is 1. The van der Waals surface area contributed by atoms with Gasteiger partial charge in [-0.1, -0.05) is 42.5 Å². The number of carbonyl (C=O) groups excluding carboxylic acids is 3. The summed E-state index contributed by atoms with van der Waals surface area (Å²) in [6, 6.07) is 17.7. The smallest absolute Gasteiger partial charge is 0.341 e. The molecule has 0 bridgehead atoms. The van der Waals surface area contributed by atoms with E-state index in [-0.39, 0.29) is 36.6 Å². The summed E-state index contributed by atoms with van der Waals surface area (Å²) in [5.74, 6) is -0.830. The van der Waals surface area contributed by atoms with Gasteiger partial charge in [-0.2, -0.15) is 0 Å². The molecule has 6 nitrogen and oxygen atoms in total. The van der Waals surface area contributed by atoms with E-state index >= 15 is 0 Å². The van der Waals surface area contributed by atoms with Crippen LogP contribution in [-0.2, 0) is 27.2 Å². The first kappa shape index (κ1) is 24.6. The number of benzene rings is 2. The number of thiophene rings is 1. The molecule has 0 unspecified atom stereocenters. The molecule has 2 aromatic carbocycles. The summed E-state index contributed by atoms with van der Waals surface area (Å²) in [6.45, 7) is 1.93. The summed E-state index contributed by atoms with van der Waals surface area (Å²) in [6.07, 6.45) is 4.09. The zero-order valence-corrected chi connectivity index (χ0v) is 21.8. The fourth-order valence-electron chi connectivity index (χ4n) is 4.79. The number of aryl methyl sites for hydroxylation is 1. The van der Waals surface area contributed by atoms with Gasteiger partial charge in [-0.3, -0.25) is 9.59 Å². The van der Waals surface area contributed by atoms with Crippen LogP contribution in [0.3, 0.4) is 0 Å². The maximum Gasteiger partial charge on any atom is 0.341 e. The lowest BCUT2D eigenvalue weighted by Crippen LogP contribution is -2.38. The standard InChI is InChI=1S/C28H28N2O4S2/c1-2-34-28(33)26-19-12-6-8-14-21(19)36-27(26)29-24(31)17-30-20-13-7-9-15-22(20)35-23(16-25(30)32)18-10-4-3-5-11-18/h3-5,7,9-11,13,15,23H,2,6,8,12,14,16-17H2,1H3,(H,29,31)/t23-/m0/s1. The fourth-order valence-corrected chi connectivity index (χ4v) is 7.36. The number of rotatable bonds is 6. The van der Waals surface area contributed by atoms with Gasteiger partial charge < -0.3 is 15.0 Å². The zero-order valence-electron chi connectivity index (χ0n) is 20.1. The molecule has 2 amide bonds. The lowest BCUT2D eigenvalue weighted by Gasteiger charge is -2.22. The molecule has 2 aliphatic rings. The topological polar surface area (TPSA) is 75.7 Å². The minimum absolute atomic E-state index is 0.0349. The van der Waals surface area contributed by atoms with Crippen molar-refractivity contribution in [2.24, 2.45) is 0 Å². The minimum Gasteiger partial charge on any atom is -0.462 e. The molecule has 0 spiro atoms. The van der Waals surface area contributed by atoms with Crippen LogP contribution in [0.5, 0.6) is 0 Å². The number of hydrogen-bond acceptors (Lipinski definition) is 6. The van der Waals surface area contributed by atoms with Crippen LogP contribution in [0.4, 0.5) is 10.7 Å². The number of para-hydroxylation sites is 1. The summed E-state index contributed by atoms with van der Waals surface area (Å²) in [7, 11) is 0. The van der Waals surface area contributed by atoms with Crippen molar-refractivity contribution in [2.75, 3.05) is 23.4 Å². The highest BCUT2D eigenvalue weighted by atomic mass is 32.2. The van der Waals surface area contributed by atoms with E-state index in [0.717, 1.165) is 52.3 Å². The summed E-state index contributed by atoms with van der Waals surface area (Å²) in [5.41, 5.74) is 3.29. The molecule has 0 saturated heterocycles. The molecular formula is C28H28N2O4S2. The molecule has 0 saturated carbocycles. The van der Waals surface area contributed by atoms with Crippen LogP contribution in [0, 0.1) is 0 Å². The summed E-state index contributed by atoms with van der Waals surface area (Å²) < 4.78 is 5.31. The largest absolute Gasteiger partial charge is 0.462 e. The lowest BCUT2D eigenvalue weighted by molar-refractivity contribution is -0.121. The van der Waals surface area contributed by atoms with E-state index in [1.54, 1.807) is 23.6 Å². The maximum absolute atomic E-state index is 13.4. The van der Waals surface area contributed by atoms with Crippen LogP contribution >= 0.6 is 23.1 Å². The third-order valence-electron chi connectivity index (χ3n) is 6.46. The fraction of sp³-hybridized carbons (Fsp3) is 0.321. The van der Waals surface area contributed by atoms with Gasteiger partial charge >= 0.3 is 5.97 Å². The van der Waals surface area contributed by atoms with Crippen LogP contribution in [0.2, 0.25) is 0 Å². The van der Waals surface area contributed by atoms with E-state index in [1.165, 1.54) is 11.3 Å². The lowest BCUT2D eigenvalue weighted by atomic mass is 9.95. The first-order valence-corrected chi connectivity index (χ1v) is 14.0. The van der Waals surface area contributed by atoms with E-state index in [2.05, 4.69) is 5.32 Å². The predicted octanol–water partition coefficient (Wildman–Crippen LogP) is 6.01. The van der Waals surface area contributed by atoms with E-state index in [9.17, 15) is 14.4 Å². The van der Waals surface area contributed by atoms with Gasteiger partial charge in [-0.15, -0.1) is 23.1 Å². The molecular weight excluding hydrogens is 492 g/mol. The summed E-state index contributed by atoms with van der Waals surface area (Å²) in [4.78, 5) is 43.2. The second-order valence-electron chi connectivity index (χ2n) is 8.85. The van der Waals surface area contributed by atoms with Crippen molar-refractivity contribution in [3.63, 3.8) is 0 Å². The number of carbonyl (C=O) groups is 3. The van der Waals surface area contributed by atoms with Crippen molar-refractivity contribution >= 4 is 51.6 Å². The van der Waals surface area contributed by atoms with Crippen molar-refractivity contribution < 1.29 is 19.1 Å². The van der Waals surface area contributed by atoms with Gasteiger partial charge in [0.1, 0.15) is 11.5 Å². The molecule has 0 fully saturated rings. The third-order valence-corrected chi connectivity index (χ3v) is 8.99. The van der Waals surface area contributed by atoms with Crippen LogP contribution < -0.4 is 10.2 Å². The van der Waals surface area contributed by atoms with E-state index in [4.69, 9.17) is 4.74 Å². The molecule has 5 rings (SSSR count). The Morgan fingerprint density at radius 1 is 1.06 bits per heavy atom. The number of esters is 1. The zero-order chi connectivity index (χ0) is 25.1. The average molecular weight is 521 g/mol. The van der Waals surface area contributed by atoms with Gasteiger partial charge in [-0.25, -0.2) is 4.79 Å². The first-order valence-electron chi connectivity index (χ1n) is 12.3. The van der Waals surface area contributed by atoms with Gasteiger partial charge in [0.15, 0.2) is 0 Å². The molecule has 1 atom stereocenters. The summed E-state index contributed by atoms with van der Waals surface area (Å²) >= 11 is 3.10. The Kier molecular flexibility index (Phi) is 7.43. The molecule has 1 aliphatic carbocycles. The molecule has 3 aromatic rings. The third kappa shape index (κ3) is 5.06. The molecule has 2 heterocycles. The van der Waals surface area contributed by atoms with Crippen LogP contribution in [-0.4, -0.2) is 30.9 Å². The number of ether oxygens (including phenoxy) is 1. The highest BCUT2D eigenvalue weighted by Crippen LogP contribution is 2.45. The van der Waals surface area contributed by atoms with Gasteiger partial charge in [0.25, 0.3) is 0 Å². The Balaban J connectivity index is 1.40. The van der Waals surface area contributed by atoms with Crippen LogP contribution in [0.25, 0.3) is 0 Å². The highest BCUT2D eigenvalue weighted by Gasteiger charge is 2.32. The van der Waals surface area contributed by atoms with Gasteiger partial charge in [0.05, 0.1) is 17.9 Å². The van der Waals surface area contributed by atoms with Crippen molar-refractivity contribution in [2.45, 2.75) is 49.2 Å². The Hall–Kier alpha value is -3.10. The monoisotopic (exact) mass is 520 g/mol. The Morgan fingerprint density at radius 3 is 2.61 bits per heavy atom. The molecule has 1 aliphatic heterocycles. The molecule has 0 radical (unpaired) electrons.